The normalized spacial score (nSPS) is 10.4. The summed E-state index contributed by atoms with van der Waals surface area (Å²) in [5.41, 5.74) is 8.72. The van der Waals surface area contributed by atoms with Gasteiger partial charge in [-0.05, 0) is 42.7 Å². The highest BCUT2D eigenvalue weighted by molar-refractivity contribution is 8.00. The number of hydrogen-bond donors (Lipinski definition) is 2. The average molecular weight is 314 g/mol. The Bertz CT molecular complexity index is 611. The summed E-state index contributed by atoms with van der Waals surface area (Å²) in [7, 11) is 0. The molecule has 1 amide bonds. The van der Waals surface area contributed by atoms with Crippen molar-refractivity contribution in [1.82, 2.24) is 0 Å². The Kier molecular flexibility index (Phi) is 6.34. The maximum atomic E-state index is 12.0. The van der Waals surface area contributed by atoms with E-state index in [1.54, 1.807) is 0 Å². The first kappa shape index (κ1) is 16.4. The smallest absolute Gasteiger partial charge is 0.234 e. The summed E-state index contributed by atoms with van der Waals surface area (Å²) in [6.45, 7) is 2.19. The van der Waals surface area contributed by atoms with E-state index in [1.807, 2.05) is 36.4 Å². The summed E-state index contributed by atoms with van der Waals surface area (Å²) in [6, 6.07) is 15.7. The molecule has 0 atom stereocenters. The molecular formula is C18H22N2OS. The number of carbonyl (C=O) groups excluding carboxylic acids is 1. The van der Waals surface area contributed by atoms with Gasteiger partial charge in [0.25, 0.3) is 0 Å². The van der Waals surface area contributed by atoms with E-state index in [2.05, 4.69) is 24.4 Å². The molecule has 0 aliphatic carbocycles. The number of rotatable bonds is 7. The number of carbonyl (C=O) groups is 1. The number of amides is 1. The third-order valence-corrected chi connectivity index (χ3v) is 4.42. The maximum absolute atomic E-state index is 12.0. The molecule has 0 aliphatic rings. The van der Waals surface area contributed by atoms with Crippen molar-refractivity contribution in [2.45, 2.75) is 31.1 Å². The minimum absolute atomic E-state index is 0.0189. The quantitative estimate of drug-likeness (QED) is 0.590. The van der Waals surface area contributed by atoms with Gasteiger partial charge < -0.3 is 11.1 Å². The molecule has 0 aliphatic heterocycles. The molecular weight excluding hydrogens is 292 g/mol. The van der Waals surface area contributed by atoms with Gasteiger partial charge in [0.05, 0.1) is 5.75 Å². The Hall–Kier alpha value is -1.94. The van der Waals surface area contributed by atoms with Crippen LogP contribution in [0.1, 0.15) is 25.3 Å². The molecule has 4 heteroatoms. The minimum atomic E-state index is -0.0189. The van der Waals surface area contributed by atoms with Crippen molar-refractivity contribution in [2.75, 3.05) is 16.8 Å². The van der Waals surface area contributed by atoms with Gasteiger partial charge in [-0.2, -0.15) is 0 Å². The van der Waals surface area contributed by atoms with Crippen LogP contribution in [0.25, 0.3) is 0 Å². The zero-order chi connectivity index (χ0) is 15.8. The van der Waals surface area contributed by atoms with Crippen molar-refractivity contribution in [3.63, 3.8) is 0 Å². The van der Waals surface area contributed by atoms with Gasteiger partial charge in [-0.15, -0.1) is 11.8 Å². The minimum Gasteiger partial charge on any atom is -0.398 e. The zero-order valence-corrected chi connectivity index (χ0v) is 13.7. The van der Waals surface area contributed by atoms with Gasteiger partial charge in [0, 0.05) is 16.3 Å². The fourth-order valence-electron chi connectivity index (χ4n) is 2.09. The molecule has 0 radical (unpaired) electrons. The first-order valence-corrected chi connectivity index (χ1v) is 8.53. The van der Waals surface area contributed by atoms with E-state index in [1.165, 1.54) is 30.2 Å². The number of benzene rings is 2. The first-order chi connectivity index (χ1) is 10.7. The monoisotopic (exact) mass is 314 g/mol. The molecule has 2 rings (SSSR count). The van der Waals surface area contributed by atoms with Crippen LogP contribution in [0.2, 0.25) is 0 Å². The maximum Gasteiger partial charge on any atom is 0.234 e. The zero-order valence-electron chi connectivity index (χ0n) is 12.8. The summed E-state index contributed by atoms with van der Waals surface area (Å²) >= 11 is 1.45. The number of nitrogen functional groups attached to an aromatic ring is 1. The van der Waals surface area contributed by atoms with Gasteiger partial charge in [0.15, 0.2) is 0 Å². The summed E-state index contributed by atoms with van der Waals surface area (Å²) in [5, 5.41) is 2.91. The topological polar surface area (TPSA) is 55.1 Å². The molecule has 0 saturated heterocycles. The van der Waals surface area contributed by atoms with Crippen LogP contribution in [0, 0.1) is 0 Å². The first-order valence-electron chi connectivity index (χ1n) is 7.55. The second kappa shape index (κ2) is 8.49. The lowest BCUT2D eigenvalue weighted by atomic mass is 10.1. The van der Waals surface area contributed by atoms with Crippen molar-refractivity contribution in [2.24, 2.45) is 0 Å². The molecule has 0 fully saturated rings. The Morgan fingerprint density at radius 2 is 1.86 bits per heavy atom. The Labute approximate surface area is 136 Å². The molecule has 3 N–H and O–H groups in total. The molecule has 116 valence electrons. The Balaban J connectivity index is 1.83. The van der Waals surface area contributed by atoms with Crippen LogP contribution in [0.3, 0.4) is 0 Å². The van der Waals surface area contributed by atoms with Crippen LogP contribution in [0.5, 0.6) is 0 Å². The van der Waals surface area contributed by atoms with Gasteiger partial charge in [0.1, 0.15) is 0 Å². The fraction of sp³-hybridized carbons (Fsp3) is 0.278. The highest BCUT2D eigenvalue weighted by Crippen LogP contribution is 2.24. The molecule has 0 saturated carbocycles. The van der Waals surface area contributed by atoms with Gasteiger partial charge in [-0.1, -0.05) is 37.6 Å². The Morgan fingerprint density at radius 1 is 1.14 bits per heavy atom. The molecule has 2 aromatic rings. The van der Waals surface area contributed by atoms with E-state index in [4.69, 9.17) is 5.73 Å². The van der Waals surface area contributed by atoms with Crippen LogP contribution < -0.4 is 11.1 Å². The van der Waals surface area contributed by atoms with Crippen LogP contribution in [-0.2, 0) is 11.2 Å². The number of nitrogens with two attached hydrogens (primary N) is 1. The lowest BCUT2D eigenvalue weighted by Gasteiger charge is -2.07. The van der Waals surface area contributed by atoms with Crippen LogP contribution in [-0.4, -0.2) is 11.7 Å². The second-order valence-corrected chi connectivity index (χ2v) is 6.19. The lowest BCUT2D eigenvalue weighted by Crippen LogP contribution is -2.14. The highest BCUT2D eigenvalue weighted by atomic mass is 32.2. The number of nitrogens with one attached hydrogen (secondary N) is 1. The number of thioether (sulfide) groups is 1. The predicted octanol–water partition coefficient (Wildman–Crippen LogP) is 4.34. The average Bonchev–Trinajstić information content (AvgIpc) is 2.53. The van der Waals surface area contributed by atoms with Gasteiger partial charge >= 0.3 is 0 Å². The number of unbranched alkanes of at least 4 members (excludes halogenated alkanes) is 1. The summed E-state index contributed by atoms with van der Waals surface area (Å²) in [5.74, 6) is 0.334. The standard InChI is InChI=1S/C18H22N2OS/c1-2-3-6-14-9-11-15(12-10-14)20-18(21)13-22-17-8-5-4-7-16(17)19/h4-5,7-12H,2-3,6,13,19H2,1H3,(H,20,21). The Morgan fingerprint density at radius 3 is 2.55 bits per heavy atom. The second-order valence-electron chi connectivity index (χ2n) is 5.18. The molecule has 0 aromatic heterocycles. The molecule has 0 unspecified atom stereocenters. The van der Waals surface area contributed by atoms with Crippen molar-refractivity contribution in [3.8, 4) is 0 Å². The number of anilines is 2. The van der Waals surface area contributed by atoms with Crippen molar-refractivity contribution >= 4 is 29.0 Å². The van der Waals surface area contributed by atoms with Gasteiger partial charge in [0.2, 0.25) is 5.91 Å². The number of aryl methyl sites for hydroxylation is 1. The lowest BCUT2D eigenvalue weighted by molar-refractivity contribution is -0.113. The SMILES string of the molecule is CCCCc1ccc(NC(=O)CSc2ccccc2N)cc1. The third-order valence-electron chi connectivity index (χ3n) is 3.33. The largest absolute Gasteiger partial charge is 0.398 e. The van der Waals surface area contributed by atoms with Gasteiger partial charge in [-0.3, -0.25) is 4.79 Å². The van der Waals surface area contributed by atoms with E-state index in [-0.39, 0.29) is 5.91 Å². The fourth-order valence-corrected chi connectivity index (χ4v) is 2.86. The predicted molar refractivity (Wildman–Crippen MR) is 95.3 cm³/mol. The van der Waals surface area contributed by atoms with Crippen molar-refractivity contribution in [3.05, 3.63) is 54.1 Å². The van der Waals surface area contributed by atoms with Crippen molar-refractivity contribution in [1.29, 1.82) is 0 Å². The van der Waals surface area contributed by atoms with E-state index in [0.29, 0.717) is 11.4 Å². The highest BCUT2D eigenvalue weighted by Gasteiger charge is 2.05. The molecule has 2 aromatic carbocycles. The van der Waals surface area contributed by atoms with E-state index < -0.39 is 0 Å². The van der Waals surface area contributed by atoms with E-state index in [9.17, 15) is 4.79 Å². The van der Waals surface area contributed by atoms with Crippen LogP contribution >= 0.6 is 11.8 Å². The molecule has 0 bridgehead atoms. The molecule has 0 spiro atoms. The van der Waals surface area contributed by atoms with E-state index >= 15 is 0 Å². The van der Waals surface area contributed by atoms with Crippen molar-refractivity contribution < 1.29 is 4.79 Å². The van der Waals surface area contributed by atoms with E-state index in [0.717, 1.165) is 17.0 Å². The van der Waals surface area contributed by atoms with Gasteiger partial charge in [-0.25, -0.2) is 0 Å². The number of para-hydroxylation sites is 1. The molecule has 22 heavy (non-hydrogen) atoms. The van der Waals surface area contributed by atoms with Crippen LogP contribution in [0.15, 0.2) is 53.4 Å². The van der Waals surface area contributed by atoms with Crippen LogP contribution in [0.4, 0.5) is 11.4 Å². The molecule has 0 heterocycles. The summed E-state index contributed by atoms with van der Waals surface area (Å²) in [4.78, 5) is 12.9. The molecule has 3 nitrogen and oxygen atoms in total. The summed E-state index contributed by atoms with van der Waals surface area (Å²) in [6.07, 6.45) is 3.48. The summed E-state index contributed by atoms with van der Waals surface area (Å²) < 4.78 is 0. The third kappa shape index (κ3) is 5.11. The number of hydrogen-bond acceptors (Lipinski definition) is 3.